The molecule has 0 fully saturated rings. The second-order valence-electron chi connectivity index (χ2n) is 11.4. The van der Waals surface area contributed by atoms with Crippen LogP contribution in [0.1, 0.15) is 123 Å². The molecule has 0 saturated heterocycles. The predicted octanol–water partition coefficient (Wildman–Crippen LogP) is 10.1. The molecule has 0 amide bonds. The molecule has 2 aromatic rings. The Morgan fingerprint density at radius 2 is 1.31 bits per heavy atom. The summed E-state index contributed by atoms with van der Waals surface area (Å²) in [6.07, 6.45) is 11.7. The summed E-state index contributed by atoms with van der Waals surface area (Å²) in [5.41, 5.74) is 8.16. The minimum Gasteiger partial charge on any atom is -0.0651 e. The summed E-state index contributed by atoms with van der Waals surface area (Å²) in [6.45, 7) is 16.7. The van der Waals surface area contributed by atoms with Gasteiger partial charge in [0.05, 0.1) is 0 Å². The molecule has 0 saturated carbocycles. The zero-order valence-corrected chi connectivity index (χ0v) is 22.1. The number of hydrogen-bond acceptors (Lipinski definition) is 0. The van der Waals surface area contributed by atoms with Gasteiger partial charge < -0.3 is 0 Å². The Kier molecular flexibility index (Phi) is 8.29. The van der Waals surface area contributed by atoms with Crippen molar-refractivity contribution in [2.24, 2.45) is 11.8 Å². The topological polar surface area (TPSA) is 0 Å². The van der Waals surface area contributed by atoms with Gasteiger partial charge in [-0.25, -0.2) is 0 Å². The fourth-order valence-electron chi connectivity index (χ4n) is 5.66. The van der Waals surface area contributed by atoms with Crippen molar-refractivity contribution in [3.63, 3.8) is 0 Å². The Morgan fingerprint density at radius 3 is 1.88 bits per heavy atom. The molecule has 1 aliphatic carbocycles. The summed E-state index contributed by atoms with van der Waals surface area (Å²) in [7, 11) is 0. The lowest BCUT2D eigenvalue weighted by Gasteiger charge is -2.34. The Hall–Kier alpha value is -1.56. The second kappa shape index (κ2) is 10.6. The van der Waals surface area contributed by atoms with E-state index in [2.05, 4.69) is 90.9 Å². The van der Waals surface area contributed by atoms with Crippen LogP contribution in [-0.2, 0) is 10.8 Å². The van der Waals surface area contributed by atoms with Gasteiger partial charge >= 0.3 is 0 Å². The van der Waals surface area contributed by atoms with Crippen LogP contribution in [0.5, 0.6) is 0 Å². The van der Waals surface area contributed by atoms with E-state index in [4.69, 9.17) is 0 Å². The lowest BCUT2D eigenvalue weighted by atomic mass is 9.69. The molecule has 0 bridgehead atoms. The molecule has 0 heteroatoms. The fourth-order valence-corrected chi connectivity index (χ4v) is 5.66. The quantitative estimate of drug-likeness (QED) is 0.313. The molecular formula is C32H48. The zero-order chi connectivity index (χ0) is 23.4. The van der Waals surface area contributed by atoms with Crippen molar-refractivity contribution in [2.75, 3.05) is 0 Å². The van der Waals surface area contributed by atoms with Gasteiger partial charge in [-0.1, -0.05) is 129 Å². The van der Waals surface area contributed by atoms with Gasteiger partial charge in [-0.15, -0.1) is 0 Å². The largest absolute Gasteiger partial charge is 0.0651 e. The molecule has 0 heterocycles. The Labute approximate surface area is 199 Å². The average molecular weight is 433 g/mol. The van der Waals surface area contributed by atoms with Crippen molar-refractivity contribution >= 4 is 0 Å². The number of rotatable bonds is 12. The molecule has 32 heavy (non-hydrogen) atoms. The molecular weight excluding hydrogens is 384 g/mol. The fraction of sp³-hybridized carbons (Fsp3) is 0.625. The number of fused-ring (bicyclic) bond motifs is 3. The smallest absolute Gasteiger partial charge is 0.0215 e. The van der Waals surface area contributed by atoms with E-state index in [1.54, 1.807) is 11.1 Å². The normalized spacial score (nSPS) is 19.5. The molecule has 2 aromatic carbocycles. The Balaban J connectivity index is 2.07. The molecule has 0 radical (unpaired) electrons. The Morgan fingerprint density at radius 1 is 0.750 bits per heavy atom. The summed E-state index contributed by atoms with van der Waals surface area (Å²) in [5.74, 6) is 1.65. The van der Waals surface area contributed by atoms with Crippen LogP contribution in [0.25, 0.3) is 11.1 Å². The van der Waals surface area contributed by atoms with Gasteiger partial charge in [0, 0.05) is 5.41 Å². The van der Waals surface area contributed by atoms with Crippen molar-refractivity contribution in [3.8, 4) is 11.1 Å². The maximum Gasteiger partial charge on any atom is 0.0215 e. The standard InChI is InChI=1S/C32H48/c1-8-24(4)15-13-21-32(22-14-16-25(5)9-2)29-18-12-11-17-27(29)28-20-19-26(23-30(28)32)31(6,7)10-3/h11-12,17-20,23-25H,8-10,13-16,21-22H2,1-7H3. The van der Waals surface area contributed by atoms with E-state index < -0.39 is 0 Å². The van der Waals surface area contributed by atoms with Crippen LogP contribution in [0.4, 0.5) is 0 Å². The number of benzene rings is 2. The first-order valence-corrected chi connectivity index (χ1v) is 13.5. The van der Waals surface area contributed by atoms with E-state index in [1.807, 2.05) is 0 Å². The van der Waals surface area contributed by atoms with Crippen LogP contribution in [-0.4, -0.2) is 0 Å². The summed E-state index contributed by atoms with van der Waals surface area (Å²) in [5, 5.41) is 0. The second-order valence-corrected chi connectivity index (χ2v) is 11.4. The molecule has 0 nitrogen and oxygen atoms in total. The van der Waals surface area contributed by atoms with Crippen molar-refractivity contribution in [3.05, 3.63) is 59.2 Å². The summed E-state index contributed by atoms with van der Waals surface area (Å²) >= 11 is 0. The number of hydrogen-bond donors (Lipinski definition) is 0. The van der Waals surface area contributed by atoms with Crippen molar-refractivity contribution < 1.29 is 0 Å². The van der Waals surface area contributed by atoms with E-state index in [0.717, 1.165) is 11.8 Å². The monoisotopic (exact) mass is 432 g/mol. The highest BCUT2D eigenvalue weighted by Crippen LogP contribution is 2.55. The van der Waals surface area contributed by atoms with Crippen LogP contribution >= 0.6 is 0 Å². The minimum atomic E-state index is 0.187. The first kappa shape index (κ1) is 25.1. The third kappa shape index (κ3) is 5.00. The molecule has 3 rings (SSSR count). The lowest BCUT2D eigenvalue weighted by molar-refractivity contribution is 0.364. The summed E-state index contributed by atoms with van der Waals surface area (Å²) in [6, 6.07) is 16.8. The van der Waals surface area contributed by atoms with Crippen LogP contribution < -0.4 is 0 Å². The third-order valence-corrected chi connectivity index (χ3v) is 8.93. The molecule has 1 aliphatic rings. The van der Waals surface area contributed by atoms with Crippen molar-refractivity contribution in [1.82, 2.24) is 0 Å². The van der Waals surface area contributed by atoms with Gasteiger partial charge in [-0.3, -0.25) is 0 Å². The van der Waals surface area contributed by atoms with Gasteiger partial charge in [0.1, 0.15) is 0 Å². The highest BCUT2D eigenvalue weighted by Gasteiger charge is 2.42. The third-order valence-electron chi connectivity index (χ3n) is 8.93. The zero-order valence-electron chi connectivity index (χ0n) is 22.1. The van der Waals surface area contributed by atoms with Crippen LogP contribution in [0, 0.1) is 11.8 Å². The maximum atomic E-state index is 2.62. The van der Waals surface area contributed by atoms with Gasteiger partial charge in [-0.2, -0.15) is 0 Å². The van der Waals surface area contributed by atoms with Gasteiger partial charge in [0.2, 0.25) is 0 Å². The van der Waals surface area contributed by atoms with Gasteiger partial charge in [0.15, 0.2) is 0 Å². The lowest BCUT2D eigenvalue weighted by Crippen LogP contribution is -2.27. The van der Waals surface area contributed by atoms with E-state index >= 15 is 0 Å². The predicted molar refractivity (Wildman–Crippen MR) is 143 cm³/mol. The van der Waals surface area contributed by atoms with Gasteiger partial charge in [0.25, 0.3) is 0 Å². The minimum absolute atomic E-state index is 0.187. The molecule has 2 atom stereocenters. The van der Waals surface area contributed by atoms with E-state index in [-0.39, 0.29) is 10.8 Å². The van der Waals surface area contributed by atoms with Crippen molar-refractivity contribution in [2.45, 2.75) is 117 Å². The van der Waals surface area contributed by atoms with Crippen LogP contribution in [0.2, 0.25) is 0 Å². The highest BCUT2D eigenvalue weighted by atomic mass is 14.5. The van der Waals surface area contributed by atoms with E-state index in [1.165, 1.54) is 74.5 Å². The van der Waals surface area contributed by atoms with Crippen LogP contribution in [0.3, 0.4) is 0 Å². The first-order chi connectivity index (χ1) is 15.3. The molecule has 0 aliphatic heterocycles. The first-order valence-electron chi connectivity index (χ1n) is 13.5. The van der Waals surface area contributed by atoms with E-state index in [9.17, 15) is 0 Å². The van der Waals surface area contributed by atoms with E-state index in [0.29, 0.717) is 0 Å². The average Bonchev–Trinajstić information content (AvgIpc) is 3.08. The summed E-state index contributed by atoms with van der Waals surface area (Å²) < 4.78 is 0. The molecule has 0 aromatic heterocycles. The maximum absolute atomic E-state index is 2.62. The van der Waals surface area contributed by atoms with Gasteiger partial charge in [-0.05, 0) is 64.3 Å². The Bertz CT molecular complexity index is 855. The van der Waals surface area contributed by atoms with Crippen LogP contribution in [0.15, 0.2) is 42.5 Å². The summed E-state index contributed by atoms with van der Waals surface area (Å²) in [4.78, 5) is 0. The molecule has 0 N–H and O–H groups in total. The molecule has 0 spiro atoms. The molecule has 2 unspecified atom stereocenters. The molecule has 176 valence electrons. The SMILES string of the molecule is CCC(C)CCCC1(CCCC(C)CC)c2ccccc2-c2ccc(C(C)(C)CC)cc21. The highest BCUT2D eigenvalue weighted by molar-refractivity contribution is 5.81. The van der Waals surface area contributed by atoms with Crippen molar-refractivity contribution in [1.29, 1.82) is 0 Å².